The highest BCUT2D eigenvalue weighted by Gasteiger charge is 2.12. The molecule has 1 fully saturated rings. The van der Waals surface area contributed by atoms with Crippen LogP contribution in [0, 0.1) is 5.92 Å². The van der Waals surface area contributed by atoms with Crippen molar-refractivity contribution in [2.75, 3.05) is 6.54 Å². The summed E-state index contributed by atoms with van der Waals surface area (Å²) in [6, 6.07) is 9.12. The maximum Gasteiger partial charge on any atom is -0.00741 e. The van der Waals surface area contributed by atoms with Crippen molar-refractivity contribution in [2.45, 2.75) is 57.8 Å². The first-order valence-electron chi connectivity index (χ1n) is 7.66. The lowest BCUT2D eigenvalue weighted by Gasteiger charge is -2.21. The molecule has 1 saturated carbocycles. The Balaban J connectivity index is 1.80. The molecule has 2 rings (SSSR count). The van der Waals surface area contributed by atoms with E-state index in [1.165, 1.54) is 56.1 Å². The molecule has 0 saturated heterocycles. The van der Waals surface area contributed by atoms with Crippen LogP contribution in [0.4, 0.5) is 0 Å². The van der Waals surface area contributed by atoms with Crippen molar-refractivity contribution in [3.8, 4) is 0 Å². The quantitative estimate of drug-likeness (QED) is 0.802. The second kappa shape index (κ2) is 7.58. The monoisotopic (exact) mass is 245 g/mol. The summed E-state index contributed by atoms with van der Waals surface area (Å²) in [5.74, 6) is 0.992. The first kappa shape index (κ1) is 13.6. The molecule has 100 valence electrons. The highest BCUT2D eigenvalue weighted by molar-refractivity contribution is 5.23. The standard InChI is InChI=1S/C17H27N/c18-13-5-10-16-8-4-9-17(14-16)12-11-15-6-2-1-3-7-15/h4,8-9,14-15H,1-3,5-7,10-13,18H2. The Kier molecular flexibility index (Phi) is 5.73. The van der Waals surface area contributed by atoms with Gasteiger partial charge in [0.1, 0.15) is 0 Å². The molecule has 0 spiro atoms. The maximum atomic E-state index is 5.57. The lowest BCUT2D eigenvalue weighted by Crippen LogP contribution is -2.07. The van der Waals surface area contributed by atoms with Gasteiger partial charge in [-0.05, 0) is 49.3 Å². The molecule has 1 aliphatic rings. The molecule has 0 radical (unpaired) electrons. The van der Waals surface area contributed by atoms with Crippen molar-refractivity contribution in [3.63, 3.8) is 0 Å². The zero-order chi connectivity index (χ0) is 12.6. The van der Waals surface area contributed by atoms with Crippen molar-refractivity contribution in [2.24, 2.45) is 11.7 Å². The Hall–Kier alpha value is -0.820. The molecular formula is C17H27N. The molecule has 0 bridgehead atoms. The summed E-state index contributed by atoms with van der Waals surface area (Å²) >= 11 is 0. The van der Waals surface area contributed by atoms with E-state index in [1.54, 1.807) is 0 Å². The van der Waals surface area contributed by atoms with Crippen LogP contribution in [0.2, 0.25) is 0 Å². The van der Waals surface area contributed by atoms with Crippen LogP contribution < -0.4 is 5.73 Å². The third kappa shape index (κ3) is 4.45. The summed E-state index contributed by atoms with van der Waals surface area (Å²) in [6.07, 6.45) is 12.2. The highest BCUT2D eigenvalue weighted by atomic mass is 14.5. The molecule has 1 nitrogen and oxygen atoms in total. The summed E-state index contributed by atoms with van der Waals surface area (Å²) in [5.41, 5.74) is 8.55. The first-order valence-corrected chi connectivity index (χ1v) is 7.66. The van der Waals surface area contributed by atoms with Gasteiger partial charge in [0.05, 0.1) is 0 Å². The molecule has 1 aromatic carbocycles. The van der Waals surface area contributed by atoms with E-state index in [4.69, 9.17) is 5.73 Å². The van der Waals surface area contributed by atoms with Crippen LogP contribution in [0.15, 0.2) is 24.3 Å². The first-order chi connectivity index (χ1) is 8.88. The van der Waals surface area contributed by atoms with Gasteiger partial charge >= 0.3 is 0 Å². The van der Waals surface area contributed by atoms with E-state index in [0.717, 1.165) is 25.3 Å². The molecule has 1 aromatic rings. The highest BCUT2D eigenvalue weighted by Crippen LogP contribution is 2.27. The van der Waals surface area contributed by atoms with Crippen LogP contribution in [0.3, 0.4) is 0 Å². The predicted octanol–water partition coefficient (Wildman–Crippen LogP) is 4.09. The fraction of sp³-hybridized carbons (Fsp3) is 0.647. The van der Waals surface area contributed by atoms with Gasteiger partial charge in [0.2, 0.25) is 0 Å². The number of hydrogen-bond acceptors (Lipinski definition) is 1. The number of hydrogen-bond donors (Lipinski definition) is 1. The van der Waals surface area contributed by atoms with Crippen LogP contribution >= 0.6 is 0 Å². The molecule has 0 heterocycles. The molecule has 0 unspecified atom stereocenters. The van der Waals surface area contributed by atoms with E-state index in [1.807, 2.05) is 0 Å². The third-order valence-electron chi connectivity index (χ3n) is 4.23. The van der Waals surface area contributed by atoms with Crippen molar-refractivity contribution >= 4 is 0 Å². The molecule has 1 aliphatic carbocycles. The van der Waals surface area contributed by atoms with Gasteiger partial charge in [-0.2, -0.15) is 0 Å². The van der Waals surface area contributed by atoms with Gasteiger partial charge in [0.15, 0.2) is 0 Å². The summed E-state index contributed by atoms with van der Waals surface area (Å²) < 4.78 is 0. The smallest absolute Gasteiger partial charge is 0.00741 e. The van der Waals surface area contributed by atoms with Gasteiger partial charge < -0.3 is 5.73 Å². The van der Waals surface area contributed by atoms with Crippen LogP contribution in [-0.2, 0) is 12.8 Å². The zero-order valence-corrected chi connectivity index (χ0v) is 11.5. The molecule has 2 N–H and O–H groups in total. The van der Waals surface area contributed by atoms with Crippen LogP contribution in [-0.4, -0.2) is 6.54 Å². The van der Waals surface area contributed by atoms with Crippen molar-refractivity contribution in [1.29, 1.82) is 0 Å². The number of rotatable bonds is 6. The Labute approximate surface area is 112 Å². The van der Waals surface area contributed by atoms with Gasteiger partial charge in [0, 0.05) is 0 Å². The average Bonchev–Trinajstić information content (AvgIpc) is 2.44. The van der Waals surface area contributed by atoms with Crippen molar-refractivity contribution in [3.05, 3.63) is 35.4 Å². The predicted molar refractivity (Wildman–Crippen MR) is 78.7 cm³/mol. The number of benzene rings is 1. The fourth-order valence-electron chi connectivity index (χ4n) is 3.09. The minimum atomic E-state index is 0.798. The minimum Gasteiger partial charge on any atom is -0.330 e. The zero-order valence-electron chi connectivity index (χ0n) is 11.5. The van der Waals surface area contributed by atoms with Gasteiger partial charge in [-0.3, -0.25) is 0 Å². The summed E-state index contributed by atoms with van der Waals surface area (Å²) in [5, 5.41) is 0. The molecule has 0 amide bonds. The van der Waals surface area contributed by atoms with Gasteiger partial charge in [-0.15, -0.1) is 0 Å². The Morgan fingerprint density at radius 2 is 1.72 bits per heavy atom. The molecular weight excluding hydrogens is 218 g/mol. The topological polar surface area (TPSA) is 26.0 Å². The lowest BCUT2D eigenvalue weighted by atomic mass is 9.85. The Morgan fingerprint density at radius 3 is 2.44 bits per heavy atom. The van der Waals surface area contributed by atoms with Crippen LogP contribution in [0.25, 0.3) is 0 Å². The fourth-order valence-corrected chi connectivity index (χ4v) is 3.09. The summed E-state index contributed by atoms with van der Waals surface area (Å²) in [6.45, 7) is 0.798. The molecule has 18 heavy (non-hydrogen) atoms. The molecule has 1 heteroatoms. The number of aryl methyl sites for hydroxylation is 2. The Bertz CT molecular complexity index is 339. The Morgan fingerprint density at radius 1 is 1.00 bits per heavy atom. The van der Waals surface area contributed by atoms with Crippen molar-refractivity contribution in [1.82, 2.24) is 0 Å². The van der Waals surface area contributed by atoms with E-state index >= 15 is 0 Å². The second-order valence-electron chi connectivity index (χ2n) is 5.75. The second-order valence-corrected chi connectivity index (χ2v) is 5.75. The number of nitrogens with two attached hydrogens (primary N) is 1. The van der Waals surface area contributed by atoms with Gasteiger partial charge in [-0.25, -0.2) is 0 Å². The van der Waals surface area contributed by atoms with E-state index in [2.05, 4.69) is 24.3 Å². The lowest BCUT2D eigenvalue weighted by molar-refractivity contribution is 0.339. The van der Waals surface area contributed by atoms with Gasteiger partial charge in [-0.1, -0.05) is 56.4 Å². The van der Waals surface area contributed by atoms with E-state index < -0.39 is 0 Å². The maximum absolute atomic E-state index is 5.57. The van der Waals surface area contributed by atoms with Crippen molar-refractivity contribution < 1.29 is 0 Å². The summed E-state index contributed by atoms with van der Waals surface area (Å²) in [7, 11) is 0. The van der Waals surface area contributed by atoms with E-state index in [9.17, 15) is 0 Å². The molecule has 0 aliphatic heterocycles. The average molecular weight is 245 g/mol. The van der Waals surface area contributed by atoms with Crippen LogP contribution in [0.5, 0.6) is 0 Å². The van der Waals surface area contributed by atoms with E-state index in [0.29, 0.717) is 0 Å². The minimum absolute atomic E-state index is 0.798. The molecule has 0 atom stereocenters. The normalized spacial score (nSPS) is 16.9. The SMILES string of the molecule is NCCCc1cccc(CCC2CCCCC2)c1. The largest absolute Gasteiger partial charge is 0.330 e. The van der Waals surface area contributed by atoms with Gasteiger partial charge in [0.25, 0.3) is 0 Å². The van der Waals surface area contributed by atoms with Crippen LogP contribution in [0.1, 0.15) is 56.1 Å². The molecule has 0 aromatic heterocycles. The van der Waals surface area contributed by atoms with E-state index in [-0.39, 0.29) is 0 Å². The summed E-state index contributed by atoms with van der Waals surface area (Å²) in [4.78, 5) is 0. The third-order valence-corrected chi connectivity index (χ3v) is 4.23.